The van der Waals surface area contributed by atoms with Crippen molar-refractivity contribution in [1.82, 2.24) is 29.0 Å². The van der Waals surface area contributed by atoms with Gasteiger partial charge in [-0.3, -0.25) is 19.3 Å². The number of aromatic amines is 1. The fourth-order valence-electron chi connectivity index (χ4n) is 5.30. The molecule has 2 aliphatic rings. The van der Waals surface area contributed by atoms with Crippen LogP contribution in [0.15, 0.2) is 27.6 Å². The summed E-state index contributed by atoms with van der Waals surface area (Å²) in [6, 6.07) is 4.03. The molecule has 41 heavy (non-hydrogen) atoms. The summed E-state index contributed by atoms with van der Waals surface area (Å²) in [4.78, 5) is 50.5. The van der Waals surface area contributed by atoms with Crippen LogP contribution in [-0.4, -0.2) is 108 Å². The summed E-state index contributed by atoms with van der Waals surface area (Å²) in [5.74, 6) is -0.905. The van der Waals surface area contributed by atoms with Gasteiger partial charge in [0.25, 0.3) is 15.9 Å². The topological polar surface area (TPSA) is 166 Å². The summed E-state index contributed by atoms with van der Waals surface area (Å²) in [5, 5.41) is 0.678. The van der Waals surface area contributed by atoms with Crippen molar-refractivity contribution in [3.63, 3.8) is 0 Å². The van der Waals surface area contributed by atoms with Gasteiger partial charge in [0, 0.05) is 74.6 Å². The van der Waals surface area contributed by atoms with Crippen molar-refractivity contribution >= 4 is 50.2 Å². The predicted molar refractivity (Wildman–Crippen MR) is 150 cm³/mol. The number of nitrogens with one attached hydrogen (secondary N) is 1. The molecule has 0 bridgehead atoms. The normalized spacial score (nSPS) is 18.4. The van der Waals surface area contributed by atoms with Crippen molar-refractivity contribution in [1.29, 1.82) is 0 Å². The van der Waals surface area contributed by atoms with Crippen LogP contribution in [0.25, 0.3) is 10.9 Å². The van der Waals surface area contributed by atoms with Crippen LogP contribution in [0.1, 0.15) is 34.1 Å². The molecule has 0 spiro atoms. The van der Waals surface area contributed by atoms with Crippen LogP contribution in [0.3, 0.4) is 0 Å². The summed E-state index contributed by atoms with van der Waals surface area (Å²) in [5.41, 5.74) is 6.89. The van der Waals surface area contributed by atoms with Crippen LogP contribution in [0.2, 0.25) is 5.02 Å². The molecule has 5 rings (SSSR count). The van der Waals surface area contributed by atoms with E-state index in [-0.39, 0.29) is 54.9 Å². The van der Waals surface area contributed by atoms with Gasteiger partial charge in [0.05, 0.1) is 24.7 Å². The molecule has 4 heterocycles. The zero-order valence-corrected chi connectivity index (χ0v) is 24.6. The Morgan fingerprint density at radius 1 is 1.22 bits per heavy atom. The number of halogens is 1. The van der Waals surface area contributed by atoms with Gasteiger partial charge in [-0.1, -0.05) is 11.6 Å². The highest BCUT2D eigenvalue weighted by molar-refractivity contribution is 7.89. The monoisotopic (exact) mass is 605 g/mol. The zero-order chi connectivity index (χ0) is 29.6. The van der Waals surface area contributed by atoms with E-state index in [1.807, 2.05) is 7.05 Å². The average molecular weight is 606 g/mol. The maximum atomic E-state index is 14.0. The number of rotatable bonds is 7. The second kappa shape index (κ2) is 11.1. The average Bonchev–Trinajstić information content (AvgIpc) is 3.49. The van der Waals surface area contributed by atoms with Crippen molar-refractivity contribution in [2.75, 3.05) is 47.3 Å². The Morgan fingerprint density at radius 3 is 2.68 bits per heavy atom. The highest BCUT2D eigenvalue weighted by Crippen LogP contribution is 2.32. The van der Waals surface area contributed by atoms with Crippen LogP contribution in [0, 0.1) is 0 Å². The van der Waals surface area contributed by atoms with Crippen molar-refractivity contribution in [2.45, 2.75) is 36.9 Å². The first-order valence-electron chi connectivity index (χ1n) is 13.1. The number of aromatic nitrogens is 2. The van der Waals surface area contributed by atoms with E-state index in [9.17, 15) is 22.8 Å². The van der Waals surface area contributed by atoms with E-state index in [1.54, 1.807) is 32.3 Å². The molecule has 2 aliphatic heterocycles. The van der Waals surface area contributed by atoms with Crippen molar-refractivity contribution in [3.05, 3.63) is 46.1 Å². The molecule has 1 atom stereocenters. The highest BCUT2D eigenvalue weighted by atomic mass is 35.5. The van der Waals surface area contributed by atoms with Crippen molar-refractivity contribution in [3.8, 4) is 0 Å². The molecule has 1 saturated heterocycles. The molecule has 0 aliphatic carbocycles. The van der Waals surface area contributed by atoms with E-state index in [4.69, 9.17) is 21.8 Å². The molecular formula is C26H32ClN7O6S. The Labute approximate surface area is 242 Å². The SMILES string of the molecule is CN1CCc2nc(C(=O)N3CCN(S(=O)(=O)c4[nH]c5ccc(Cl)cc5c4CC(N)=O)CC3CC(=O)N(C)C)oc2C1. The number of carbonyl (C=O) groups is 3. The lowest BCUT2D eigenvalue weighted by molar-refractivity contribution is -0.130. The van der Waals surface area contributed by atoms with E-state index >= 15 is 0 Å². The number of amides is 3. The van der Waals surface area contributed by atoms with Crippen LogP contribution in [-0.2, 0) is 39.0 Å². The molecule has 3 aromatic rings. The van der Waals surface area contributed by atoms with Gasteiger partial charge in [-0.05, 0) is 25.2 Å². The molecular weight excluding hydrogens is 574 g/mol. The first-order valence-corrected chi connectivity index (χ1v) is 14.9. The molecule has 1 aromatic carbocycles. The lowest BCUT2D eigenvalue weighted by Gasteiger charge is -2.40. The minimum Gasteiger partial charge on any atom is -0.436 e. The Bertz CT molecular complexity index is 1630. The minimum absolute atomic E-state index is 0.00754. The summed E-state index contributed by atoms with van der Waals surface area (Å²) in [6.07, 6.45) is 0.227. The Kier molecular flexibility index (Phi) is 7.85. The number of carbonyl (C=O) groups excluding carboxylic acids is 3. The second-order valence-electron chi connectivity index (χ2n) is 10.7. The van der Waals surface area contributed by atoms with Gasteiger partial charge in [-0.15, -0.1) is 0 Å². The number of piperazine rings is 1. The lowest BCUT2D eigenvalue weighted by Crippen LogP contribution is -2.57. The summed E-state index contributed by atoms with van der Waals surface area (Å²) in [7, 11) is 0.933. The molecule has 0 radical (unpaired) electrons. The first kappa shape index (κ1) is 29.0. The molecule has 1 unspecified atom stereocenters. The third-order valence-corrected chi connectivity index (χ3v) is 9.61. The minimum atomic E-state index is -4.20. The Morgan fingerprint density at radius 2 is 1.98 bits per heavy atom. The van der Waals surface area contributed by atoms with E-state index in [0.717, 1.165) is 12.2 Å². The number of hydrogen-bond donors (Lipinski definition) is 2. The van der Waals surface area contributed by atoms with Gasteiger partial charge in [0.1, 0.15) is 5.76 Å². The van der Waals surface area contributed by atoms with Crippen molar-refractivity contribution < 1.29 is 27.2 Å². The molecule has 3 amide bonds. The van der Waals surface area contributed by atoms with Crippen LogP contribution in [0.4, 0.5) is 0 Å². The van der Waals surface area contributed by atoms with Crippen LogP contribution in [0.5, 0.6) is 0 Å². The molecule has 2 aromatic heterocycles. The molecule has 1 fully saturated rings. The maximum Gasteiger partial charge on any atom is 0.310 e. The molecule has 15 heteroatoms. The number of nitrogens with zero attached hydrogens (tertiary/aromatic N) is 5. The summed E-state index contributed by atoms with van der Waals surface area (Å²) in [6.45, 7) is 1.14. The Hall–Kier alpha value is -3.46. The van der Waals surface area contributed by atoms with Gasteiger partial charge in [-0.25, -0.2) is 13.4 Å². The van der Waals surface area contributed by atoms with Gasteiger partial charge < -0.3 is 24.9 Å². The van der Waals surface area contributed by atoms with Crippen LogP contribution < -0.4 is 5.73 Å². The van der Waals surface area contributed by atoms with Crippen molar-refractivity contribution in [2.24, 2.45) is 5.73 Å². The third kappa shape index (κ3) is 5.69. The number of hydrogen-bond acceptors (Lipinski definition) is 8. The van der Waals surface area contributed by atoms with Gasteiger partial charge >= 0.3 is 5.91 Å². The highest BCUT2D eigenvalue weighted by Gasteiger charge is 2.41. The number of benzene rings is 1. The quantitative estimate of drug-likeness (QED) is 0.399. The first-order chi connectivity index (χ1) is 19.3. The molecule has 220 valence electrons. The standard InChI is InChI=1S/C26H32ClN7O6S/c1-31(2)23(36)11-16-13-33(8-9-34(16)26(37)24-29-20-6-7-32(3)14-21(20)40-24)41(38,39)25-18(12-22(28)35)17-10-15(27)4-5-19(17)30-25/h4-5,10,16,30H,6-9,11-14H2,1-3H3,(H2,28,35). The van der Waals surface area contributed by atoms with E-state index in [1.165, 1.54) is 14.1 Å². The number of nitrogens with two attached hydrogens (primary N) is 1. The number of H-pyrrole nitrogens is 1. The number of fused-ring (bicyclic) bond motifs is 2. The maximum absolute atomic E-state index is 14.0. The molecule has 3 N–H and O–H groups in total. The van der Waals surface area contributed by atoms with Gasteiger partial charge in [0.2, 0.25) is 11.8 Å². The zero-order valence-electron chi connectivity index (χ0n) is 23.0. The third-order valence-electron chi connectivity index (χ3n) is 7.50. The Balaban J connectivity index is 1.47. The fourth-order valence-corrected chi connectivity index (χ4v) is 7.16. The number of sulfonamides is 1. The van der Waals surface area contributed by atoms with Gasteiger partial charge in [0.15, 0.2) is 5.03 Å². The smallest absolute Gasteiger partial charge is 0.310 e. The van der Waals surface area contributed by atoms with Gasteiger partial charge in [-0.2, -0.15) is 4.31 Å². The lowest BCUT2D eigenvalue weighted by atomic mass is 10.1. The number of primary amides is 1. The van der Waals surface area contributed by atoms with E-state index in [0.29, 0.717) is 34.7 Å². The largest absolute Gasteiger partial charge is 0.436 e. The van der Waals surface area contributed by atoms with E-state index in [2.05, 4.69) is 14.9 Å². The molecule has 0 saturated carbocycles. The molecule has 13 nitrogen and oxygen atoms in total. The van der Waals surface area contributed by atoms with Crippen LogP contribution >= 0.6 is 11.6 Å². The number of likely N-dealkylation sites (N-methyl/N-ethyl adjacent to an activating group) is 1. The summed E-state index contributed by atoms with van der Waals surface area (Å²) < 4.78 is 35.0. The fraction of sp³-hybridized carbons (Fsp3) is 0.462. The van der Waals surface area contributed by atoms with E-state index < -0.39 is 27.9 Å². The predicted octanol–water partition coefficient (Wildman–Crippen LogP) is 0.819. The second-order valence-corrected chi connectivity index (χ2v) is 13.0. The number of oxazole rings is 1. The summed E-state index contributed by atoms with van der Waals surface area (Å²) >= 11 is 6.15.